The Hall–Kier alpha value is -1.63. The van der Waals surface area contributed by atoms with E-state index in [9.17, 15) is 19.1 Å². The van der Waals surface area contributed by atoms with Gasteiger partial charge in [-0.15, -0.1) is 0 Å². The fraction of sp³-hybridized carbons (Fsp3) is 0.636. The summed E-state index contributed by atoms with van der Waals surface area (Å²) in [6.45, 7) is 6.18. The number of halogens is 1. The normalized spacial score (nSPS) is 40.8. The lowest BCUT2D eigenvalue weighted by molar-refractivity contribution is -0.129. The van der Waals surface area contributed by atoms with Gasteiger partial charge in [-0.05, 0) is 6.92 Å². The van der Waals surface area contributed by atoms with Crippen LogP contribution in [0.5, 0.6) is 0 Å². The molecule has 2 N–H and O–H groups in total. The van der Waals surface area contributed by atoms with E-state index >= 15 is 0 Å². The summed E-state index contributed by atoms with van der Waals surface area (Å²) in [7, 11) is 0. The predicted molar refractivity (Wildman–Crippen MR) is 58.9 cm³/mol. The smallest absolute Gasteiger partial charge is 0.327 e. The van der Waals surface area contributed by atoms with E-state index in [1.807, 2.05) is 0 Å². The molecule has 2 aliphatic heterocycles. The van der Waals surface area contributed by atoms with Crippen molar-refractivity contribution in [3.63, 3.8) is 0 Å². The molecule has 0 radical (unpaired) electrons. The van der Waals surface area contributed by atoms with Crippen molar-refractivity contribution >= 4 is 11.9 Å². The summed E-state index contributed by atoms with van der Waals surface area (Å²) in [5.41, 5.74) is -2.16. The van der Waals surface area contributed by atoms with Gasteiger partial charge in [0, 0.05) is 6.54 Å². The van der Waals surface area contributed by atoms with E-state index in [2.05, 4.69) is 11.9 Å². The van der Waals surface area contributed by atoms with Gasteiger partial charge in [-0.2, -0.15) is 0 Å². The van der Waals surface area contributed by atoms with Crippen molar-refractivity contribution in [2.75, 3.05) is 6.54 Å². The molecule has 7 heteroatoms. The van der Waals surface area contributed by atoms with Crippen LogP contribution in [0.15, 0.2) is 12.3 Å². The molecule has 0 aromatic heterocycles. The molecule has 6 nitrogen and oxygen atoms in total. The molecule has 0 aromatic carbocycles. The number of hydrogen-bond acceptors (Lipinski definition) is 4. The van der Waals surface area contributed by atoms with Crippen molar-refractivity contribution in [1.29, 1.82) is 0 Å². The Kier molecular flexibility index (Phi) is 2.81. The fourth-order valence-electron chi connectivity index (χ4n) is 2.10. The zero-order valence-electron chi connectivity index (χ0n) is 10.1. The van der Waals surface area contributed by atoms with Crippen molar-refractivity contribution in [2.24, 2.45) is 5.92 Å². The highest BCUT2D eigenvalue weighted by atomic mass is 19.1. The van der Waals surface area contributed by atoms with Gasteiger partial charge in [0.05, 0.1) is 5.92 Å². The number of hydrogen-bond donors (Lipinski definition) is 2. The molecular formula is C11H15FN2O4. The van der Waals surface area contributed by atoms with E-state index in [0.29, 0.717) is 0 Å². The summed E-state index contributed by atoms with van der Waals surface area (Å²) < 4.78 is 19.5. The van der Waals surface area contributed by atoms with Crippen LogP contribution in [0, 0.1) is 5.92 Å². The van der Waals surface area contributed by atoms with Crippen LogP contribution in [-0.4, -0.2) is 46.5 Å². The Morgan fingerprint density at radius 3 is 2.72 bits per heavy atom. The van der Waals surface area contributed by atoms with Gasteiger partial charge in [0.15, 0.2) is 5.67 Å². The quantitative estimate of drug-likeness (QED) is 0.701. The zero-order chi connectivity index (χ0) is 13.7. The first-order chi connectivity index (χ1) is 8.25. The van der Waals surface area contributed by atoms with Gasteiger partial charge >= 0.3 is 6.03 Å². The summed E-state index contributed by atoms with van der Waals surface area (Å²) >= 11 is 0. The number of aliphatic hydroxyl groups excluding tert-OH is 1. The van der Waals surface area contributed by atoms with Crippen LogP contribution < -0.4 is 5.32 Å². The molecular weight excluding hydrogens is 243 g/mol. The lowest BCUT2D eigenvalue weighted by Crippen LogP contribution is -2.61. The first kappa shape index (κ1) is 12.8. The van der Waals surface area contributed by atoms with Crippen LogP contribution in [0.2, 0.25) is 0 Å². The van der Waals surface area contributed by atoms with E-state index in [4.69, 9.17) is 4.74 Å². The standard InChI is InChI=1S/C11H15FN2O4/c1-5-4-14(10(17)13-8(5)16)9-11(3,12)7(15)6(2)18-9/h5,7,9,15H,2,4H2,1,3H3,(H,13,16,17)/t5?,7-,9-,11-/m1/s1. The summed E-state index contributed by atoms with van der Waals surface area (Å²) in [6, 6.07) is -0.728. The Balaban J connectivity index is 2.24. The SMILES string of the molecule is C=C1O[C@@H](N2CC(C)C(=O)NC2=O)[C@](C)(F)[C@@H]1O. The second-order valence-corrected chi connectivity index (χ2v) is 4.84. The number of urea groups is 1. The van der Waals surface area contributed by atoms with Crippen LogP contribution >= 0.6 is 0 Å². The maximum Gasteiger partial charge on any atom is 0.327 e. The highest BCUT2D eigenvalue weighted by Gasteiger charge is 2.56. The first-order valence-electron chi connectivity index (χ1n) is 5.59. The van der Waals surface area contributed by atoms with Gasteiger partial charge in [0.2, 0.25) is 12.1 Å². The minimum absolute atomic E-state index is 0.0366. The molecule has 2 fully saturated rings. The molecule has 0 spiro atoms. The number of carbonyl (C=O) groups excluding carboxylic acids is 2. The third-order valence-corrected chi connectivity index (χ3v) is 3.28. The summed E-state index contributed by atoms with van der Waals surface area (Å²) in [6.07, 6.45) is -2.78. The van der Waals surface area contributed by atoms with Gasteiger partial charge in [-0.25, -0.2) is 9.18 Å². The van der Waals surface area contributed by atoms with Crippen LogP contribution in [0.3, 0.4) is 0 Å². The Labute approximate surface area is 103 Å². The predicted octanol–water partition coefficient (Wildman–Crippen LogP) is 0.133. The fourth-order valence-corrected chi connectivity index (χ4v) is 2.10. The Morgan fingerprint density at radius 2 is 2.22 bits per heavy atom. The topological polar surface area (TPSA) is 78.9 Å². The lowest BCUT2D eigenvalue weighted by Gasteiger charge is -2.37. The zero-order valence-corrected chi connectivity index (χ0v) is 10.1. The number of ether oxygens (including phenoxy) is 1. The molecule has 4 atom stereocenters. The Bertz CT molecular complexity index is 423. The molecule has 2 aliphatic rings. The van der Waals surface area contributed by atoms with E-state index in [0.717, 1.165) is 11.8 Å². The summed E-state index contributed by atoms with van der Waals surface area (Å²) in [5.74, 6) is -0.996. The maximum atomic E-state index is 14.4. The monoisotopic (exact) mass is 258 g/mol. The van der Waals surface area contributed by atoms with Gasteiger partial charge in [-0.3, -0.25) is 15.0 Å². The molecule has 0 bridgehead atoms. The molecule has 0 saturated carbocycles. The number of nitrogens with one attached hydrogen (secondary N) is 1. The van der Waals surface area contributed by atoms with Gasteiger partial charge < -0.3 is 9.84 Å². The lowest BCUT2D eigenvalue weighted by atomic mass is 9.99. The third kappa shape index (κ3) is 1.74. The van der Waals surface area contributed by atoms with Crippen LogP contribution in [0.25, 0.3) is 0 Å². The highest BCUT2D eigenvalue weighted by Crippen LogP contribution is 2.38. The van der Waals surface area contributed by atoms with Crippen LogP contribution in [0.1, 0.15) is 13.8 Å². The molecule has 100 valence electrons. The molecule has 0 aliphatic carbocycles. The first-order valence-corrected chi connectivity index (χ1v) is 5.59. The number of alkyl halides is 1. The van der Waals surface area contributed by atoms with Crippen molar-refractivity contribution in [2.45, 2.75) is 31.8 Å². The molecule has 3 amide bonds. The minimum Gasteiger partial charge on any atom is -0.469 e. The van der Waals surface area contributed by atoms with Crippen LogP contribution in [-0.2, 0) is 9.53 Å². The number of amides is 3. The number of aliphatic hydroxyl groups is 1. The molecule has 1 unspecified atom stereocenters. The number of carbonyl (C=O) groups is 2. The van der Waals surface area contributed by atoms with Gasteiger partial charge in [-0.1, -0.05) is 13.5 Å². The number of nitrogens with zero attached hydrogens (tertiary/aromatic N) is 1. The summed E-state index contributed by atoms with van der Waals surface area (Å²) in [4.78, 5) is 24.0. The van der Waals surface area contributed by atoms with Crippen molar-refractivity contribution in [1.82, 2.24) is 10.2 Å². The van der Waals surface area contributed by atoms with E-state index in [1.165, 1.54) is 0 Å². The minimum atomic E-state index is -2.16. The maximum absolute atomic E-state index is 14.4. The van der Waals surface area contributed by atoms with E-state index in [1.54, 1.807) is 6.92 Å². The molecule has 2 heterocycles. The van der Waals surface area contributed by atoms with Gasteiger partial charge in [0.1, 0.15) is 11.9 Å². The molecule has 0 aromatic rings. The largest absolute Gasteiger partial charge is 0.469 e. The molecule has 2 saturated heterocycles. The average Bonchev–Trinajstić information content (AvgIpc) is 2.48. The van der Waals surface area contributed by atoms with Crippen molar-refractivity contribution in [3.8, 4) is 0 Å². The second-order valence-electron chi connectivity index (χ2n) is 4.84. The summed E-state index contributed by atoms with van der Waals surface area (Å²) in [5, 5.41) is 11.7. The molecule has 18 heavy (non-hydrogen) atoms. The van der Waals surface area contributed by atoms with Gasteiger partial charge in [0.25, 0.3) is 0 Å². The molecule has 2 rings (SSSR count). The van der Waals surface area contributed by atoms with Crippen molar-refractivity contribution in [3.05, 3.63) is 12.3 Å². The highest BCUT2D eigenvalue weighted by molar-refractivity contribution is 5.97. The van der Waals surface area contributed by atoms with E-state index in [-0.39, 0.29) is 12.3 Å². The second kappa shape index (κ2) is 3.94. The van der Waals surface area contributed by atoms with Crippen LogP contribution in [0.4, 0.5) is 9.18 Å². The van der Waals surface area contributed by atoms with E-state index < -0.39 is 35.9 Å². The third-order valence-electron chi connectivity index (χ3n) is 3.28. The van der Waals surface area contributed by atoms with Crippen molar-refractivity contribution < 1.29 is 23.8 Å². The number of imide groups is 1. The Morgan fingerprint density at radius 1 is 1.61 bits per heavy atom. The average molecular weight is 258 g/mol. The number of rotatable bonds is 1.